The zero-order chi connectivity index (χ0) is 12.3. The molecule has 1 heterocycles. The molecule has 0 atom stereocenters. The summed E-state index contributed by atoms with van der Waals surface area (Å²) in [6.07, 6.45) is 1.60. The Hall–Kier alpha value is -1.46. The molecule has 0 saturated carbocycles. The van der Waals surface area contributed by atoms with Crippen LogP contribution in [0.2, 0.25) is 0 Å². The van der Waals surface area contributed by atoms with E-state index in [1.165, 1.54) is 12.1 Å². The smallest absolute Gasteiger partial charge is 0.219 e. The summed E-state index contributed by atoms with van der Waals surface area (Å²) in [5.41, 5.74) is 6.42. The van der Waals surface area contributed by atoms with E-state index in [4.69, 9.17) is 10.5 Å². The lowest BCUT2D eigenvalue weighted by molar-refractivity contribution is 0.457. The van der Waals surface area contributed by atoms with Crippen LogP contribution in [-0.4, -0.2) is 4.98 Å². The molecule has 0 unspecified atom stereocenters. The highest BCUT2D eigenvalue weighted by atomic mass is 79.9. The van der Waals surface area contributed by atoms with Gasteiger partial charge in [0.1, 0.15) is 11.6 Å². The van der Waals surface area contributed by atoms with Crippen molar-refractivity contribution in [2.45, 2.75) is 6.54 Å². The summed E-state index contributed by atoms with van der Waals surface area (Å²) in [6.45, 7) is 0.408. The average molecular weight is 297 g/mol. The lowest BCUT2D eigenvalue weighted by atomic mass is 10.3. The van der Waals surface area contributed by atoms with Crippen LogP contribution in [0.25, 0.3) is 0 Å². The van der Waals surface area contributed by atoms with E-state index >= 15 is 0 Å². The van der Waals surface area contributed by atoms with Crippen molar-refractivity contribution in [1.29, 1.82) is 0 Å². The molecule has 0 fully saturated rings. The molecule has 0 aliphatic rings. The van der Waals surface area contributed by atoms with Crippen molar-refractivity contribution >= 4 is 15.9 Å². The van der Waals surface area contributed by atoms with E-state index in [-0.39, 0.29) is 5.82 Å². The molecule has 2 rings (SSSR count). The molecule has 0 aliphatic carbocycles. The lowest BCUT2D eigenvalue weighted by Crippen LogP contribution is -1.97. The molecule has 5 heteroatoms. The van der Waals surface area contributed by atoms with Crippen LogP contribution in [-0.2, 0) is 6.54 Å². The third kappa shape index (κ3) is 3.25. The molecule has 2 aromatic rings. The van der Waals surface area contributed by atoms with Gasteiger partial charge in [-0.1, -0.05) is 15.9 Å². The molecule has 2 N–H and O–H groups in total. The Morgan fingerprint density at radius 2 is 2.12 bits per heavy atom. The second-order valence-electron chi connectivity index (χ2n) is 3.41. The highest BCUT2D eigenvalue weighted by Gasteiger charge is 2.03. The molecular formula is C12H10BrFN2O. The largest absolute Gasteiger partial charge is 0.439 e. The Kier molecular flexibility index (Phi) is 3.71. The van der Waals surface area contributed by atoms with Crippen LogP contribution in [0.5, 0.6) is 11.6 Å². The third-order valence-electron chi connectivity index (χ3n) is 2.09. The van der Waals surface area contributed by atoms with Crippen molar-refractivity contribution in [3.05, 3.63) is 52.4 Å². The van der Waals surface area contributed by atoms with Gasteiger partial charge in [0.05, 0.1) is 0 Å². The van der Waals surface area contributed by atoms with Crippen molar-refractivity contribution in [3.8, 4) is 11.6 Å². The summed E-state index contributed by atoms with van der Waals surface area (Å²) in [7, 11) is 0. The average Bonchev–Trinajstić information content (AvgIpc) is 2.28. The fraction of sp³-hybridized carbons (Fsp3) is 0.0833. The molecule has 0 amide bonds. The number of ether oxygens (including phenoxy) is 1. The van der Waals surface area contributed by atoms with Gasteiger partial charge in [-0.25, -0.2) is 9.37 Å². The molecule has 17 heavy (non-hydrogen) atoms. The van der Waals surface area contributed by atoms with E-state index in [0.29, 0.717) is 22.6 Å². The molecule has 0 bridgehead atoms. The number of pyridine rings is 1. The van der Waals surface area contributed by atoms with Crippen molar-refractivity contribution in [2.75, 3.05) is 0 Å². The van der Waals surface area contributed by atoms with Crippen LogP contribution >= 0.6 is 15.9 Å². The quantitative estimate of drug-likeness (QED) is 0.946. The molecular weight excluding hydrogens is 287 g/mol. The van der Waals surface area contributed by atoms with Crippen LogP contribution in [0.15, 0.2) is 41.0 Å². The summed E-state index contributed by atoms with van der Waals surface area (Å²) in [4.78, 5) is 4.03. The van der Waals surface area contributed by atoms with Crippen molar-refractivity contribution < 1.29 is 9.13 Å². The van der Waals surface area contributed by atoms with E-state index in [0.717, 1.165) is 5.56 Å². The van der Waals surface area contributed by atoms with E-state index in [1.807, 2.05) is 0 Å². The van der Waals surface area contributed by atoms with Gasteiger partial charge < -0.3 is 10.5 Å². The minimum absolute atomic E-state index is 0.371. The number of hydrogen-bond acceptors (Lipinski definition) is 3. The van der Waals surface area contributed by atoms with E-state index in [1.54, 1.807) is 24.4 Å². The minimum Gasteiger partial charge on any atom is -0.439 e. The standard InChI is InChI=1S/C12H10BrFN2O/c13-9-4-10(14)6-11(5-9)17-12-3-8(7-15)1-2-16-12/h1-6H,7,15H2. The highest BCUT2D eigenvalue weighted by Crippen LogP contribution is 2.25. The van der Waals surface area contributed by atoms with Crippen LogP contribution in [0.1, 0.15) is 5.56 Å². The molecule has 0 aliphatic heterocycles. The summed E-state index contributed by atoms with van der Waals surface area (Å²) in [6, 6.07) is 7.84. The Morgan fingerprint density at radius 3 is 2.82 bits per heavy atom. The summed E-state index contributed by atoms with van der Waals surface area (Å²) in [5.74, 6) is 0.411. The highest BCUT2D eigenvalue weighted by molar-refractivity contribution is 9.10. The van der Waals surface area contributed by atoms with E-state index < -0.39 is 0 Å². The third-order valence-corrected chi connectivity index (χ3v) is 2.55. The number of nitrogens with two attached hydrogens (primary N) is 1. The Morgan fingerprint density at radius 1 is 1.29 bits per heavy atom. The maximum Gasteiger partial charge on any atom is 0.219 e. The first-order chi connectivity index (χ1) is 8.17. The summed E-state index contributed by atoms with van der Waals surface area (Å²) < 4.78 is 19.2. The predicted molar refractivity (Wildman–Crippen MR) is 66.3 cm³/mol. The van der Waals surface area contributed by atoms with Crippen LogP contribution in [0.3, 0.4) is 0 Å². The Balaban J connectivity index is 2.24. The molecule has 1 aromatic heterocycles. The normalized spacial score (nSPS) is 10.3. The zero-order valence-corrected chi connectivity index (χ0v) is 10.4. The number of hydrogen-bond donors (Lipinski definition) is 1. The first-order valence-electron chi connectivity index (χ1n) is 4.96. The van der Waals surface area contributed by atoms with Gasteiger partial charge in [0, 0.05) is 29.3 Å². The van der Waals surface area contributed by atoms with Crippen molar-refractivity contribution in [3.63, 3.8) is 0 Å². The predicted octanol–water partition coefficient (Wildman–Crippen LogP) is 3.23. The molecule has 88 valence electrons. The van der Waals surface area contributed by atoms with E-state index in [2.05, 4.69) is 20.9 Å². The first kappa shape index (κ1) is 12.0. The second kappa shape index (κ2) is 5.25. The summed E-state index contributed by atoms with van der Waals surface area (Å²) >= 11 is 3.19. The fourth-order valence-electron chi connectivity index (χ4n) is 1.34. The van der Waals surface area contributed by atoms with Crippen LogP contribution in [0.4, 0.5) is 4.39 Å². The second-order valence-corrected chi connectivity index (χ2v) is 4.33. The SMILES string of the molecule is NCc1ccnc(Oc2cc(F)cc(Br)c2)c1. The Bertz CT molecular complexity index is 513. The van der Waals surface area contributed by atoms with Gasteiger partial charge in [-0.3, -0.25) is 0 Å². The van der Waals surface area contributed by atoms with Gasteiger partial charge in [-0.15, -0.1) is 0 Å². The van der Waals surface area contributed by atoms with Gasteiger partial charge in [0.15, 0.2) is 0 Å². The number of aromatic nitrogens is 1. The van der Waals surface area contributed by atoms with Crippen molar-refractivity contribution in [2.24, 2.45) is 5.73 Å². The fourth-order valence-corrected chi connectivity index (χ4v) is 1.79. The molecule has 0 radical (unpaired) electrons. The maximum atomic E-state index is 13.1. The van der Waals surface area contributed by atoms with E-state index in [9.17, 15) is 4.39 Å². The maximum absolute atomic E-state index is 13.1. The molecule has 0 saturated heterocycles. The number of halogens is 2. The lowest BCUT2D eigenvalue weighted by Gasteiger charge is -2.06. The van der Waals surface area contributed by atoms with Crippen LogP contribution in [0, 0.1) is 5.82 Å². The molecule has 3 nitrogen and oxygen atoms in total. The van der Waals surface area contributed by atoms with Gasteiger partial charge >= 0.3 is 0 Å². The molecule has 0 spiro atoms. The molecule has 1 aromatic carbocycles. The Labute approximate surface area is 107 Å². The van der Waals surface area contributed by atoms with Crippen molar-refractivity contribution in [1.82, 2.24) is 4.98 Å². The zero-order valence-electron chi connectivity index (χ0n) is 8.86. The number of nitrogens with zero attached hydrogens (tertiary/aromatic N) is 1. The number of rotatable bonds is 3. The minimum atomic E-state index is -0.371. The van der Waals surface area contributed by atoms with Gasteiger partial charge in [0.25, 0.3) is 0 Å². The van der Waals surface area contributed by atoms with Crippen LogP contribution < -0.4 is 10.5 Å². The van der Waals surface area contributed by atoms with Gasteiger partial charge in [-0.05, 0) is 23.8 Å². The topological polar surface area (TPSA) is 48.1 Å². The number of benzene rings is 1. The van der Waals surface area contributed by atoms with Gasteiger partial charge in [0.2, 0.25) is 5.88 Å². The summed E-state index contributed by atoms with van der Waals surface area (Å²) in [5, 5.41) is 0. The first-order valence-corrected chi connectivity index (χ1v) is 5.75. The van der Waals surface area contributed by atoms with Gasteiger partial charge in [-0.2, -0.15) is 0 Å². The monoisotopic (exact) mass is 296 g/mol.